The summed E-state index contributed by atoms with van der Waals surface area (Å²) in [6.45, 7) is 1.34. The van der Waals surface area contributed by atoms with Gasteiger partial charge in [-0.2, -0.15) is 0 Å². The van der Waals surface area contributed by atoms with Crippen LogP contribution < -0.4 is 26.3 Å². The first-order valence-corrected chi connectivity index (χ1v) is 16.9. The number of amides is 7. The number of ether oxygens (including phenoxy) is 2. The molecule has 0 saturated carbocycles. The summed E-state index contributed by atoms with van der Waals surface area (Å²) >= 11 is 0. The molecule has 1 fully saturated rings. The van der Waals surface area contributed by atoms with E-state index in [0.717, 1.165) is 17.7 Å². The molecule has 274 valence electrons. The Labute approximate surface area is 295 Å². The highest BCUT2D eigenvalue weighted by Crippen LogP contribution is 2.32. The van der Waals surface area contributed by atoms with Gasteiger partial charge in [0.1, 0.15) is 6.04 Å². The van der Waals surface area contributed by atoms with Gasteiger partial charge in [-0.3, -0.25) is 49.0 Å². The zero-order valence-electron chi connectivity index (χ0n) is 28.5. The Morgan fingerprint density at radius 2 is 1.55 bits per heavy atom. The molecule has 2 aromatic carbocycles. The molecule has 1 atom stereocenters. The summed E-state index contributed by atoms with van der Waals surface area (Å²) in [5.74, 6) is -2.94. The van der Waals surface area contributed by atoms with E-state index in [0.29, 0.717) is 42.9 Å². The average molecular weight is 709 g/mol. The van der Waals surface area contributed by atoms with Gasteiger partial charge in [-0.15, -0.1) is 0 Å². The van der Waals surface area contributed by atoms with Crippen molar-refractivity contribution in [3.05, 3.63) is 53.6 Å². The van der Waals surface area contributed by atoms with Crippen molar-refractivity contribution in [2.24, 2.45) is 0 Å². The fourth-order valence-corrected chi connectivity index (χ4v) is 5.69. The number of hydroxylamine groups is 1. The molecule has 5 N–H and O–H groups in total. The number of imide groups is 2. The van der Waals surface area contributed by atoms with Crippen LogP contribution in [0.25, 0.3) is 0 Å². The fourth-order valence-electron chi connectivity index (χ4n) is 5.69. The molecule has 1 unspecified atom stereocenters. The van der Waals surface area contributed by atoms with Crippen LogP contribution in [0.3, 0.4) is 0 Å². The van der Waals surface area contributed by atoms with E-state index in [1.165, 1.54) is 11.0 Å². The zero-order valence-corrected chi connectivity index (χ0v) is 28.5. The molecule has 4 rings (SSSR count). The number of nitrogens with zero attached hydrogens (tertiary/aromatic N) is 2. The van der Waals surface area contributed by atoms with E-state index in [1.807, 2.05) is 0 Å². The molecule has 0 spiro atoms. The number of unbranched alkanes of at least 4 members (excludes halogenated alkanes) is 3. The second-order valence-corrected chi connectivity index (χ2v) is 12.1. The number of hydrogen-bond acceptors (Lipinski definition) is 11. The van der Waals surface area contributed by atoms with E-state index in [4.69, 9.17) is 14.7 Å². The molecule has 2 aliphatic rings. The second-order valence-electron chi connectivity index (χ2n) is 12.1. The Hall–Kier alpha value is -5.19. The number of hydrogen-bond donors (Lipinski definition) is 5. The average Bonchev–Trinajstić information content (AvgIpc) is 3.38. The van der Waals surface area contributed by atoms with Gasteiger partial charge in [0, 0.05) is 49.9 Å². The number of benzene rings is 2. The molecule has 0 radical (unpaired) electrons. The monoisotopic (exact) mass is 708 g/mol. The molecule has 51 heavy (non-hydrogen) atoms. The first-order chi connectivity index (χ1) is 24.6. The van der Waals surface area contributed by atoms with E-state index < -0.39 is 35.6 Å². The van der Waals surface area contributed by atoms with Crippen molar-refractivity contribution in [1.82, 2.24) is 15.7 Å². The molecule has 0 aromatic heterocycles. The normalized spacial score (nSPS) is 15.3. The van der Waals surface area contributed by atoms with Crippen molar-refractivity contribution in [3.63, 3.8) is 0 Å². The number of carbonyl (C=O) groups is 7. The molecule has 0 bridgehead atoms. The van der Waals surface area contributed by atoms with Crippen LogP contribution in [0.1, 0.15) is 78.5 Å². The van der Waals surface area contributed by atoms with Crippen molar-refractivity contribution >= 4 is 58.4 Å². The fraction of sp³-hybridized carbons (Fsp3) is 0.457. The number of nitrogens with one attached hydrogen (secondary N) is 4. The van der Waals surface area contributed by atoms with E-state index in [2.05, 4.69) is 16.0 Å². The Balaban J connectivity index is 1.07. The van der Waals surface area contributed by atoms with E-state index >= 15 is 0 Å². The minimum absolute atomic E-state index is 0.0455. The van der Waals surface area contributed by atoms with Gasteiger partial charge in [-0.05, 0) is 55.7 Å². The Bertz CT molecular complexity index is 1600. The minimum Gasteiger partial charge on any atom is -0.382 e. The lowest BCUT2D eigenvalue weighted by atomic mass is 10.0. The number of fused-ring (bicyclic) bond motifs is 1. The van der Waals surface area contributed by atoms with Gasteiger partial charge >= 0.3 is 0 Å². The molecule has 1 saturated heterocycles. The third kappa shape index (κ3) is 10.9. The van der Waals surface area contributed by atoms with Crippen molar-refractivity contribution in [3.8, 4) is 0 Å². The molecule has 16 heteroatoms. The largest absolute Gasteiger partial charge is 0.382 e. The lowest BCUT2D eigenvalue weighted by Gasteiger charge is -2.27. The third-order valence-electron chi connectivity index (χ3n) is 8.46. The molecule has 2 heterocycles. The van der Waals surface area contributed by atoms with Crippen LogP contribution in [-0.2, 0) is 33.4 Å². The highest BCUT2D eigenvalue weighted by molar-refractivity contribution is 6.25. The smallest absolute Gasteiger partial charge is 0.264 e. The number of anilines is 3. The van der Waals surface area contributed by atoms with Gasteiger partial charge in [0.2, 0.25) is 29.5 Å². The maximum absolute atomic E-state index is 13.2. The van der Waals surface area contributed by atoms with Gasteiger partial charge in [0.05, 0.1) is 44.0 Å². The Morgan fingerprint density at radius 3 is 2.24 bits per heavy atom. The number of carbonyl (C=O) groups excluding carboxylic acids is 7. The van der Waals surface area contributed by atoms with Crippen molar-refractivity contribution in [1.29, 1.82) is 0 Å². The van der Waals surface area contributed by atoms with Gasteiger partial charge in [-0.1, -0.05) is 18.9 Å². The standard InChI is InChI=1S/C35H44N6O10/c1-40(24-13-11-23(12-14-24)37-28(42)9-4-2-3-5-10-30(44)39-49)31(45)17-19-50-21-22-51-20-18-36-26-8-6-7-25-32(26)35(48)41(34(25)47)27-15-16-29(43)38-33(27)46/h6-8,11-14,27,36,49H,2-5,9-10,15-22H2,1H3,(H,37,42)(H,39,44)(H,38,43,46). The van der Waals surface area contributed by atoms with Crippen LogP contribution in [0.15, 0.2) is 42.5 Å². The van der Waals surface area contributed by atoms with Crippen LogP contribution in [0, 0.1) is 0 Å². The third-order valence-corrected chi connectivity index (χ3v) is 8.46. The molecular weight excluding hydrogens is 664 g/mol. The number of piperidine rings is 1. The first-order valence-electron chi connectivity index (χ1n) is 16.9. The maximum atomic E-state index is 13.2. The number of rotatable bonds is 20. The van der Waals surface area contributed by atoms with Crippen LogP contribution in [0.2, 0.25) is 0 Å². The van der Waals surface area contributed by atoms with Crippen molar-refractivity contribution in [2.75, 3.05) is 55.6 Å². The topological polar surface area (TPSA) is 213 Å². The Kier molecular flexibility index (Phi) is 14.6. The first kappa shape index (κ1) is 38.6. The highest BCUT2D eigenvalue weighted by Gasteiger charge is 2.45. The van der Waals surface area contributed by atoms with E-state index in [1.54, 1.807) is 48.9 Å². The summed E-state index contributed by atoms with van der Waals surface area (Å²) in [5.41, 5.74) is 3.69. The maximum Gasteiger partial charge on any atom is 0.264 e. The van der Waals surface area contributed by atoms with Crippen molar-refractivity contribution < 1.29 is 48.2 Å². The van der Waals surface area contributed by atoms with Crippen molar-refractivity contribution in [2.45, 2.75) is 63.8 Å². The Morgan fingerprint density at radius 1 is 0.863 bits per heavy atom. The summed E-state index contributed by atoms with van der Waals surface area (Å²) in [6.07, 6.45) is 3.81. The highest BCUT2D eigenvalue weighted by atomic mass is 16.5. The lowest BCUT2D eigenvalue weighted by molar-refractivity contribution is -0.136. The zero-order chi connectivity index (χ0) is 36.8. The molecule has 2 aliphatic heterocycles. The summed E-state index contributed by atoms with van der Waals surface area (Å²) < 4.78 is 11.1. The minimum atomic E-state index is -1.04. The molecule has 7 amide bonds. The summed E-state index contributed by atoms with van der Waals surface area (Å²) in [4.78, 5) is 88.3. The quantitative estimate of drug-likeness (QED) is 0.0583. The van der Waals surface area contributed by atoms with Crippen LogP contribution in [0.4, 0.5) is 17.1 Å². The predicted octanol–water partition coefficient (Wildman–Crippen LogP) is 2.37. The van der Waals surface area contributed by atoms with Crippen LogP contribution in [-0.4, -0.2) is 97.5 Å². The SMILES string of the molecule is CN(C(=O)CCOCCOCCNc1cccc2c1C(=O)N(C1CCC(=O)NC1=O)C2=O)c1ccc(NC(=O)CCCCCCC(=O)NO)cc1. The molecule has 0 aliphatic carbocycles. The van der Waals surface area contributed by atoms with Gasteiger partial charge in [-0.25, -0.2) is 5.48 Å². The van der Waals surface area contributed by atoms with Crippen LogP contribution in [0.5, 0.6) is 0 Å². The van der Waals surface area contributed by atoms with E-state index in [-0.39, 0.29) is 75.1 Å². The summed E-state index contributed by atoms with van der Waals surface area (Å²) in [6, 6.07) is 10.7. The molecular formula is C35H44N6O10. The van der Waals surface area contributed by atoms with E-state index in [9.17, 15) is 33.6 Å². The van der Waals surface area contributed by atoms with Gasteiger partial charge in [0.15, 0.2) is 0 Å². The lowest BCUT2D eigenvalue weighted by Crippen LogP contribution is -2.54. The predicted molar refractivity (Wildman–Crippen MR) is 184 cm³/mol. The summed E-state index contributed by atoms with van der Waals surface area (Å²) in [7, 11) is 1.66. The molecule has 2 aromatic rings. The van der Waals surface area contributed by atoms with Crippen LogP contribution >= 0.6 is 0 Å². The second kappa shape index (κ2) is 19.3. The van der Waals surface area contributed by atoms with Gasteiger partial charge in [0.25, 0.3) is 11.8 Å². The van der Waals surface area contributed by atoms with Gasteiger partial charge < -0.3 is 25.0 Å². The molecule has 16 nitrogen and oxygen atoms in total. The summed E-state index contributed by atoms with van der Waals surface area (Å²) in [5, 5.41) is 16.6.